The lowest BCUT2D eigenvalue weighted by atomic mass is 10.0. The topological polar surface area (TPSA) is 110 Å². The third kappa shape index (κ3) is 4.37. The Morgan fingerprint density at radius 3 is 2.11 bits per heavy atom. The first-order chi connectivity index (χ1) is 18.5. The summed E-state index contributed by atoms with van der Waals surface area (Å²) in [5, 5.41) is 5.33. The second-order valence-corrected chi connectivity index (χ2v) is 8.08. The molecule has 0 fully saturated rings. The summed E-state index contributed by atoms with van der Waals surface area (Å²) in [5.74, 6) is -2.16. The van der Waals surface area contributed by atoms with Crippen molar-refractivity contribution in [1.82, 2.24) is 14.8 Å². The molecule has 9 heteroatoms. The highest BCUT2D eigenvalue weighted by Gasteiger charge is 2.33. The van der Waals surface area contributed by atoms with Gasteiger partial charge in [0.1, 0.15) is 16.8 Å². The van der Waals surface area contributed by atoms with Crippen LogP contribution in [0.25, 0.3) is 27.8 Å². The zero-order valence-electron chi connectivity index (χ0n) is 20.5. The fourth-order valence-electron chi connectivity index (χ4n) is 4.08. The van der Waals surface area contributed by atoms with Crippen LogP contribution in [0.5, 0.6) is 5.75 Å². The van der Waals surface area contributed by atoms with Crippen molar-refractivity contribution in [1.29, 1.82) is 0 Å². The minimum Gasteiger partial charge on any atom is -0.465 e. The molecule has 0 aliphatic carbocycles. The van der Waals surface area contributed by atoms with Gasteiger partial charge in [-0.2, -0.15) is 5.10 Å². The lowest BCUT2D eigenvalue weighted by Crippen LogP contribution is -2.15. The molecule has 9 nitrogen and oxygen atoms in total. The molecule has 0 saturated heterocycles. The Hall–Kier alpha value is -5.31. The quantitative estimate of drug-likeness (QED) is 0.236. The van der Waals surface area contributed by atoms with Crippen LogP contribution in [0.15, 0.2) is 91.1 Å². The SMILES string of the molecule is COC(=O)c1c(-c2ccc3cccnc3c2OC(=O)c2ccccc2)nn(-c2ccccc2)c1C(=O)OC. The minimum atomic E-state index is -0.816. The van der Waals surface area contributed by atoms with E-state index in [4.69, 9.17) is 14.2 Å². The van der Waals surface area contributed by atoms with E-state index in [-0.39, 0.29) is 28.3 Å². The van der Waals surface area contributed by atoms with Crippen LogP contribution in [0.2, 0.25) is 0 Å². The smallest absolute Gasteiger partial charge is 0.357 e. The van der Waals surface area contributed by atoms with Crippen molar-refractivity contribution >= 4 is 28.8 Å². The van der Waals surface area contributed by atoms with Crippen molar-refractivity contribution in [3.63, 3.8) is 0 Å². The number of nitrogens with zero attached hydrogens (tertiary/aromatic N) is 3. The van der Waals surface area contributed by atoms with Gasteiger partial charge in [-0.15, -0.1) is 0 Å². The van der Waals surface area contributed by atoms with Gasteiger partial charge in [-0.1, -0.05) is 48.5 Å². The summed E-state index contributed by atoms with van der Waals surface area (Å²) >= 11 is 0. The van der Waals surface area contributed by atoms with Crippen molar-refractivity contribution < 1.29 is 28.6 Å². The highest BCUT2D eigenvalue weighted by atomic mass is 16.5. The largest absolute Gasteiger partial charge is 0.465 e. The molecule has 3 aromatic carbocycles. The van der Waals surface area contributed by atoms with Crippen LogP contribution in [0.1, 0.15) is 31.2 Å². The molecule has 2 heterocycles. The molecular formula is C29H21N3O6. The van der Waals surface area contributed by atoms with Gasteiger partial charge in [0.25, 0.3) is 0 Å². The normalized spacial score (nSPS) is 10.7. The van der Waals surface area contributed by atoms with E-state index in [9.17, 15) is 14.4 Å². The Labute approximate surface area is 217 Å². The van der Waals surface area contributed by atoms with E-state index >= 15 is 0 Å². The minimum absolute atomic E-state index is 0.0597. The number of esters is 3. The van der Waals surface area contributed by atoms with E-state index in [0.717, 1.165) is 0 Å². The van der Waals surface area contributed by atoms with Crippen LogP contribution in [-0.2, 0) is 9.47 Å². The lowest BCUT2D eigenvalue weighted by molar-refractivity contribution is 0.0549. The Bertz CT molecular complexity index is 1660. The lowest BCUT2D eigenvalue weighted by Gasteiger charge is -2.12. The number of carbonyl (C=O) groups is 3. The summed E-state index contributed by atoms with van der Waals surface area (Å²) in [7, 11) is 2.41. The maximum absolute atomic E-state index is 13.1. The number of aromatic nitrogens is 3. The van der Waals surface area contributed by atoms with E-state index in [2.05, 4.69) is 10.1 Å². The van der Waals surface area contributed by atoms with Crippen molar-refractivity contribution in [3.05, 3.63) is 108 Å². The molecular weight excluding hydrogens is 486 g/mol. The van der Waals surface area contributed by atoms with E-state index in [1.54, 1.807) is 79.0 Å². The number of para-hydroxylation sites is 1. The fourth-order valence-corrected chi connectivity index (χ4v) is 4.08. The average Bonchev–Trinajstić information content (AvgIpc) is 3.38. The van der Waals surface area contributed by atoms with Crippen LogP contribution in [0, 0.1) is 0 Å². The molecule has 0 unspecified atom stereocenters. The van der Waals surface area contributed by atoms with E-state index < -0.39 is 17.9 Å². The van der Waals surface area contributed by atoms with Crippen LogP contribution in [0.4, 0.5) is 0 Å². The summed E-state index contributed by atoms with van der Waals surface area (Å²) in [5.41, 5.74) is 1.25. The number of benzene rings is 3. The first kappa shape index (κ1) is 24.4. The first-order valence-corrected chi connectivity index (χ1v) is 11.5. The zero-order chi connectivity index (χ0) is 26.6. The second kappa shape index (κ2) is 10.4. The highest BCUT2D eigenvalue weighted by Crippen LogP contribution is 2.39. The van der Waals surface area contributed by atoms with Gasteiger partial charge in [-0.05, 0) is 36.4 Å². The van der Waals surface area contributed by atoms with Crippen molar-refractivity contribution in [2.75, 3.05) is 14.2 Å². The standard InChI is InChI=1S/C29H21N3O6/c1-36-28(34)22-24(31-32(25(22)29(35)37-2)20-13-7-4-8-14-20)21-16-15-18-12-9-17-30-23(18)26(21)38-27(33)19-10-5-3-6-11-19/h3-17H,1-2H3. The van der Waals surface area contributed by atoms with Gasteiger partial charge in [0.05, 0.1) is 25.5 Å². The van der Waals surface area contributed by atoms with Gasteiger partial charge in [0.15, 0.2) is 11.4 Å². The number of ether oxygens (including phenoxy) is 3. The molecule has 0 saturated carbocycles. The number of carbonyl (C=O) groups excluding carboxylic acids is 3. The number of hydrogen-bond donors (Lipinski definition) is 0. The number of hydrogen-bond acceptors (Lipinski definition) is 8. The molecule has 38 heavy (non-hydrogen) atoms. The van der Waals surface area contributed by atoms with E-state index in [1.807, 2.05) is 12.1 Å². The van der Waals surface area contributed by atoms with Gasteiger partial charge < -0.3 is 14.2 Å². The molecule has 0 amide bonds. The highest BCUT2D eigenvalue weighted by molar-refractivity contribution is 6.08. The monoisotopic (exact) mass is 507 g/mol. The van der Waals surface area contributed by atoms with E-state index in [1.165, 1.54) is 18.9 Å². The van der Waals surface area contributed by atoms with Crippen molar-refractivity contribution in [2.24, 2.45) is 0 Å². The maximum atomic E-state index is 13.1. The van der Waals surface area contributed by atoms with Crippen LogP contribution in [-0.4, -0.2) is 46.9 Å². The molecule has 188 valence electrons. The number of pyridine rings is 1. The number of methoxy groups -OCH3 is 2. The van der Waals surface area contributed by atoms with Crippen LogP contribution >= 0.6 is 0 Å². The Morgan fingerprint density at radius 1 is 0.737 bits per heavy atom. The van der Waals surface area contributed by atoms with Gasteiger partial charge in [0, 0.05) is 17.1 Å². The van der Waals surface area contributed by atoms with Crippen molar-refractivity contribution in [2.45, 2.75) is 0 Å². The zero-order valence-corrected chi connectivity index (χ0v) is 20.5. The Balaban J connectivity index is 1.81. The first-order valence-electron chi connectivity index (χ1n) is 11.5. The third-order valence-corrected chi connectivity index (χ3v) is 5.84. The Kier molecular flexibility index (Phi) is 6.65. The predicted molar refractivity (Wildman–Crippen MR) is 138 cm³/mol. The fraction of sp³-hybridized carbons (Fsp3) is 0.0690. The number of rotatable bonds is 6. The molecule has 5 rings (SSSR count). The molecule has 0 N–H and O–H groups in total. The summed E-state index contributed by atoms with van der Waals surface area (Å²) in [4.78, 5) is 43.6. The summed E-state index contributed by atoms with van der Waals surface area (Å²) < 4.78 is 17.2. The molecule has 5 aromatic rings. The molecule has 0 aliphatic rings. The molecule has 2 aromatic heterocycles. The van der Waals surface area contributed by atoms with Crippen molar-refractivity contribution in [3.8, 4) is 22.7 Å². The molecule has 0 spiro atoms. The molecule has 0 atom stereocenters. The van der Waals surface area contributed by atoms with Gasteiger partial charge in [-0.3, -0.25) is 4.98 Å². The Morgan fingerprint density at radius 2 is 1.42 bits per heavy atom. The third-order valence-electron chi connectivity index (χ3n) is 5.84. The maximum Gasteiger partial charge on any atom is 0.357 e. The average molecular weight is 508 g/mol. The van der Waals surface area contributed by atoms with E-state index in [0.29, 0.717) is 22.2 Å². The van der Waals surface area contributed by atoms with Gasteiger partial charge in [-0.25, -0.2) is 19.1 Å². The molecule has 0 bridgehead atoms. The van der Waals surface area contributed by atoms with Gasteiger partial charge in [0.2, 0.25) is 0 Å². The summed E-state index contributed by atoms with van der Waals surface area (Å²) in [6.07, 6.45) is 1.57. The summed E-state index contributed by atoms with van der Waals surface area (Å²) in [6.45, 7) is 0. The molecule has 0 radical (unpaired) electrons. The second-order valence-electron chi connectivity index (χ2n) is 8.08. The van der Waals surface area contributed by atoms with Crippen LogP contribution < -0.4 is 4.74 Å². The molecule has 0 aliphatic heterocycles. The van der Waals surface area contributed by atoms with Gasteiger partial charge >= 0.3 is 17.9 Å². The predicted octanol–water partition coefficient (Wildman–Crippen LogP) is 4.88. The number of fused-ring (bicyclic) bond motifs is 1. The summed E-state index contributed by atoms with van der Waals surface area (Å²) in [6, 6.07) is 24.3. The van der Waals surface area contributed by atoms with Crippen LogP contribution in [0.3, 0.4) is 0 Å².